The summed E-state index contributed by atoms with van der Waals surface area (Å²) in [4.78, 5) is 15.2. The maximum absolute atomic E-state index is 15.0. The Bertz CT molecular complexity index is 1110. The van der Waals surface area contributed by atoms with Crippen LogP contribution in [0.5, 0.6) is 0 Å². The number of amides is 1. The molecule has 2 aliphatic heterocycles. The first-order chi connectivity index (χ1) is 15.6. The first-order valence-electron chi connectivity index (χ1n) is 11.0. The minimum atomic E-state index is -0.426. The second kappa shape index (κ2) is 8.72. The fourth-order valence-electron chi connectivity index (χ4n) is 4.51. The van der Waals surface area contributed by atoms with Crippen molar-refractivity contribution < 1.29 is 14.3 Å². The number of aliphatic hydroxyl groups excluding tert-OH is 1. The average Bonchev–Trinajstić information content (AvgIpc) is 3.34. The highest BCUT2D eigenvalue weighted by atomic mass is 19.1. The first-order valence-corrected chi connectivity index (χ1v) is 11.0. The van der Waals surface area contributed by atoms with Crippen LogP contribution in [0.15, 0.2) is 48.8 Å². The molecule has 3 heterocycles. The minimum Gasteiger partial charge on any atom is -0.393 e. The Hall–Kier alpha value is -3.23. The highest BCUT2D eigenvalue weighted by molar-refractivity contribution is 5.98. The maximum Gasteiger partial charge on any atom is 0.241 e. The number of aliphatic hydroxyl groups is 1. The third kappa shape index (κ3) is 4.11. The van der Waals surface area contributed by atoms with E-state index in [1.54, 1.807) is 18.5 Å². The molecule has 8 heteroatoms. The summed E-state index contributed by atoms with van der Waals surface area (Å²) in [5.41, 5.74) is 4.60. The van der Waals surface area contributed by atoms with Crippen molar-refractivity contribution >= 4 is 17.3 Å². The molecule has 32 heavy (non-hydrogen) atoms. The predicted molar refractivity (Wildman–Crippen MR) is 121 cm³/mol. The number of carbonyl (C=O) groups is 1. The van der Waals surface area contributed by atoms with E-state index in [-0.39, 0.29) is 12.0 Å². The monoisotopic (exact) mass is 435 g/mol. The summed E-state index contributed by atoms with van der Waals surface area (Å²) < 4.78 is 15.0. The van der Waals surface area contributed by atoms with Gasteiger partial charge in [0.2, 0.25) is 5.91 Å². The van der Waals surface area contributed by atoms with Crippen molar-refractivity contribution in [3.63, 3.8) is 0 Å². The molecule has 4 N–H and O–H groups in total. The van der Waals surface area contributed by atoms with Crippen molar-refractivity contribution in [2.24, 2.45) is 0 Å². The Morgan fingerprint density at radius 1 is 1.19 bits per heavy atom. The van der Waals surface area contributed by atoms with Gasteiger partial charge in [-0.15, -0.1) is 0 Å². The predicted octanol–water partition coefficient (Wildman–Crippen LogP) is 2.83. The third-order valence-corrected chi connectivity index (χ3v) is 6.36. The van der Waals surface area contributed by atoms with Crippen molar-refractivity contribution in [3.05, 3.63) is 65.7 Å². The first kappa shape index (κ1) is 20.7. The van der Waals surface area contributed by atoms with Crippen LogP contribution in [0.4, 0.5) is 15.8 Å². The van der Waals surface area contributed by atoms with Crippen LogP contribution in [0, 0.1) is 5.82 Å². The fourth-order valence-corrected chi connectivity index (χ4v) is 4.51. The van der Waals surface area contributed by atoms with Gasteiger partial charge in [-0.05, 0) is 36.5 Å². The largest absolute Gasteiger partial charge is 0.393 e. The number of H-pyrrole nitrogens is 1. The Morgan fingerprint density at radius 2 is 1.97 bits per heavy atom. The number of rotatable bonds is 4. The van der Waals surface area contributed by atoms with E-state index in [1.165, 1.54) is 11.6 Å². The van der Waals surface area contributed by atoms with Crippen molar-refractivity contribution in [2.75, 3.05) is 23.3 Å². The van der Waals surface area contributed by atoms with Gasteiger partial charge < -0.3 is 20.6 Å². The number of hydrogen-bond donors (Lipinski definition) is 4. The number of benzene rings is 2. The minimum absolute atomic E-state index is 0.187. The van der Waals surface area contributed by atoms with Gasteiger partial charge in [0.05, 0.1) is 29.7 Å². The summed E-state index contributed by atoms with van der Waals surface area (Å²) in [6, 6.07) is 10.8. The number of aromatic amines is 1. The summed E-state index contributed by atoms with van der Waals surface area (Å²) in [6.07, 6.45) is 4.74. The van der Waals surface area contributed by atoms with Crippen LogP contribution >= 0.6 is 0 Å². The van der Waals surface area contributed by atoms with E-state index >= 15 is 4.39 Å². The summed E-state index contributed by atoms with van der Waals surface area (Å²) >= 11 is 0. The normalized spacial score (nSPS) is 18.9. The average molecular weight is 436 g/mol. The van der Waals surface area contributed by atoms with E-state index in [4.69, 9.17) is 0 Å². The van der Waals surface area contributed by atoms with E-state index < -0.39 is 11.9 Å². The molecule has 1 fully saturated rings. The van der Waals surface area contributed by atoms with Crippen LogP contribution in [-0.2, 0) is 17.8 Å². The number of anilines is 2. The van der Waals surface area contributed by atoms with E-state index in [2.05, 4.69) is 31.8 Å². The second-order valence-electron chi connectivity index (χ2n) is 8.45. The van der Waals surface area contributed by atoms with E-state index in [1.807, 2.05) is 18.2 Å². The van der Waals surface area contributed by atoms with Crippen molar-refractivity contribution in [1.29, 1.82) is 0 Å². The van der Waals surface area contributed by atoms with Gasteiger partial charge in [0.25, 0.3) is 0 Å². The van der Waals surface area contributed by atoms with Gasteiger partial charge in [-0.3, -0.25) is 9.89 Å². The van der Waals surface area contributed by atoms with Gasteiger partial charge in [0.15, 0.2) is 0 Å². The number of nitrogens with zero attached hydrogens (tertiary/aromatic N) is 2. The number of carbonyl (C=O) groups excluding carboxylic acids is 1. The standard InChI is InChI=1S/C24H26FN5O2/c25-20-11-21(29-24(32)22-9-15-3-1-2-4-16(15)12-26-22)23(30-7-5-18(31)6-8-30)10-19(20)17-13-27-28-14-17/h1-4,10-11,13-14,18,22,26,31H,5-9,12H2,(H,27,28)(H,29,32). The summed E-state index contributed by atoms with van der Waals surface area (Å²) in [5, 5.41) is 22.8. The summed E-state index contributed by atoms with van der Waals surface area (Å²) in [7, 11) is 0. The molecule has 7 nitrogen and oxygen atoms in total. The van der Waals surface area contributed by atoms with E-state index in [0.717, 1.165) is 11.3 Å². The summed E-state index contributed by atoms with van der Waals surface area (Å²) in [5.74, 6) is -0.613. The molecule has 2 aromatic carbocycles. The zero-order valence-corrected chi connectivity index (χ0v) is 17.6. The number of nitrogens with one attached hydrogen (secondary N) is 3. The van der Waals surface area contributed by atoms with Crippen LogP contribution in [0.1, 0.15) is 24.0 Å². The number of halogens is 1. The molecule has 5 rings (SSSR count). The molecule has 0 bridgehead atoms. The zero-order chi connectivity index (χ0) is 22.1. The SMILES string of the molecule is O=C(Nc1cc(F)c(-c2cn[nH]c2)cc1N1CCC(O)CC1)C1Cc2ccccc2CN1. The van der Waals surface area contributed by atoms with Gasteiger partial charge in [0.1, 0.15) is 5.82 Å². The number of fused-ring (bicyclic) bond motifs is 1. The number of hydrogen-bond acceptors (Lipinski definition) is 5. The van der Waals surface area contributed by atoms with E-state index in [0.29, 0.717) is 55.7 Å². The molecule has 3 aromatic rings. The molecule has 1 unspecified atom stereocenters. The molecule has 1 atom stereocenters. The molecule has 0 aliphatic carbocycles. The molecule has 0 radical (unpaired) electrons. The quantitative estimate of drug-likeness (QED) is 0.506. The van der Waals surface area contributed by atoms with Crippen molar-refractivity contribution in [1.82, 2.24) is 15.5 Å². The molecule has 166 valence electrons. The van der Waals surface area contributed by atoms with Gasteiger partial charge >= 0.3 is 0 Å². The van der Waals surface area contributed by atoms with Gasteiger partial charge in [-0.25, -0.2) is 4.39 Å². The summed E-state index contributed by atoms with van der Waals surface area (Å²) in [6.45, 7) is 1.89. The number of aromatic nitrogens is 2. The zero-order valence-electron chi connectivity index (χ0n) is 17.6. The van der Waals surface area contributed by atoms with Crippen LogP contribution in [0.2, 0.25) is 0 Å². The van der Waals surface area contributed by atoms with Gasteiger partial charge in [-0.1, -0.05) is 24.3 Å². The lowest BCUT2D eigenvalue weighted by Gasteiger charge is -2.33. The van der Waals surface area contributed by atoms with Gasteiger partial charge in [0, 0.05) is 43.0 Å². The molecule has 1 aromatic heterocycles. The van der Waals surface area contributed by atoms with Crippen LogP contribution in [0.25, 0.3) is 11.1 Å². The van der Waals surface area contributed by atoms with Crippen molar-refractivity contribution in [2.45, 2.75) is 38.0 Å². The second-order valence-corrected chi connectivity index (χ2v) is 8.45. The Kier molecular flexibility index (Phi) is 5.63. The molecule has 0 spiro atoms. The van der Waals surface area contributed by atoms with Crippen LogP contribution < -0.4 is 15.5 Å². The molecular weight excluding hydrogens is 409 g/mol. The lowest BCUT2D eigenvalue weighted by Crippen LogP contribution is -2.45. The van der Waals surface area contributed by atoms with E-state index in [9.17, 15) is 9.90 Å². The van der Waals surface area contributed by atoms with Crippen molar-refractivity contribution in [3.8, 4) is 11.1 Å². The van der Waals surface area contributed by atoms with Gasteiger partial charge in [-0.2, -0.15) is 5.10 Å². The number of piperidine rings is 1. The molecule has 1 amide bonds. The smallest absolute Gasteiger partial charge is 0.241 e. The third-order valence-electron chi connectivity index (χ3n) is 6.36. The molecule has 2 aliphatic rings. The lowest BCUT2D eigenvalue weighted by molar-refractivity contribution is -0.118. The maximum atomic E-state index is 15.0. The van der Waals surface area contributed by atoms with Crippen LogP contribution in [0.3, 0.4) is 0 Å². The fraction of sp³-hybridized carbons (Fsp3) is 0.333. The Labute approximate surface area is 185 Å². The Balaban J connectivity index is 1.43. The molecule has 1 saturated heterocycles. The topological polar surface area (TPSA) is 93.3 Å². The lowest BCUT2D eigenvalue weighted by atomic mass is 9.95. The molecular formula is C24H26FN5O2. The highest BCUT2D eigenvalue weighted by Gasteiger charge is 2.27. The Morgan fingerprint density at radius 3 is 2.72 bits per heavy atom. The highest BCUT2D eigenvalue weighted by Crippen LogP contribution is 2.35. The molecule has 0 saturated carbocycles. The van der Waals surface area contributed by atoms with Crippen LogP contribution in [-0.4, -0.2) is 46.4 Å².